The average Bonchev–Trinajstić information content (AvgIpc) is 2.57. The topological polar surface area (TPSA) is 38.3 Å². The maximum atomic E-state index is 12.6. The van der Waals surface area contributed by atoms with Crippen LogP contribution in [0.4, 0.5) is 5.69 Å². The highest BCUT2D eigenvalue weighted by molar-refractivity contribution is 9.10. The number of hydrogen-bond donors (Lipinski definition) is 1. The second-order valence-corrected chi connectivity index (χ2v) is 7.07. The van der Waals surface area contributed by atoms with Crippen LogP contribution in [0.15, 0.2) is 53.0 Å². The zero-order valence-corrected chi connectivity index (χ0v) is 16.1. The molecule has 3 aromatic carbocycles. The minimum absolute atomic E-state index is 0.0549. The van der Waals surface area contributed by atoms with Crippen molar-refractivity contribution in [1.82, 2.24) is 0 Å². The average molecular weight is 398 g/mol. The van der Waals surface area contributed by atoms with Crippen molar-refractivity contribution in [1.29, 1.82) is 0 Å². The van der Waals surface area contributed by atoms with Gasteiger partial charge in [-0.25, -0.2) is 0 Å². The lowest BCUT2D eigenvalue weighted by molar-refractivity contribution is -0.115. The van der Waals surface area contributed by atoms with E-state index in [2.05, 4.69) is 27.3 Å². The van der Waals surface area contributed by atoms with Crippen LogP contribution in [-0.2, 0) is 11.2 Å². The summed E-state index contributed by atoms with van der Waals surface area (Å²) >= 11 is 3.49. The van der Waals surface area contributed by atoms with Gasteiger partial charge in [-0.1, -0.05) is 45.8 Å². The molecule has 1 N–H and O–H groups in total. The number of ether oxygens (including phenoxy) is 1. The van der Waals surface area contributed by atoms with Gasteiger partial charge in [0.05, 0.1) is 13.5 Å². The first-order chi connectivity index (χ1) is 12.0. The standard InChI is InChI=1S/C21H20BrNO2/c1-13-4-8-19(14(2)10-13)23-21(24)12-18-17-7-6-16(22)11-15(17)5-9-20(18)25-3/h4-11H,12H2,1-3H3,(H,23,24). The third-order valence-electron chi connectivity index (χ3n) is 4.26. The summed E-state index contributed by atoms with van der Waals surface area (Å²) in [4.78, 5) is 12.6. The molecule has 1 amide bonds. The van der Waals surface area contributed by atoms with Crippen molar-refractivity contribution < 1.29 is 9.53 Å². The molecule has 0 radical (unpaired) electrons. The Bertz CT molecular complexity index is 950. The van der Waals surface area contributed by atoms with Gasteiger partial charge in [-0.3, -0.25) is 4.79 Å². The van der Waals surface area contributed by atoms with Crippen LogP contribution in [0.1, 0.15) is 16.7 Å². The number of halogens is 1. The fourth-order valence-electron chi connectivity index (χ4n) is 3.03. The number of fused-ring (bicyclic) bond motifs is 1. The van der Waals surface area contributed by atoms with Crippen molar-refractivity contribution in [3.8, 4) is 5.75 Å². The summed E-state index contributed by atoms with van der Waals surface area (Å²) in [6.07, 6.45) is 0.259. The summed E-state index contributed by atoms with van der Waals surface area (Å²) in [5.41, 5.74) is 3.98. The Hall–Kier alpha value is -2.33. The van der Waals surface area contributed by atoms with Crippen LogP contribution in [0, 0.1) is 13.8 Å². The molecule has 0 saturated heterocycles. The molecule has 0 saturated carbocycles. The summed E-state index contributed by atoms with van der Waals surface area (Å²) in [7, 11) is 1.63. The summed E-state index contributed by atoms with van der Waals surface area (Å²) < 4.78 is 6.49. The molecule has 0 unspecified atom stereocenters. The van der Waals surface area contributed by atoms with Crippen molar-refractivity contribution in [3.63, 3.8) is 0 Å². The van der Waals surface area contributed by atoms with Gasteiger partial charge in [0.15, 0.2) is 0 Å². The summed E-state index contributed by atoms with van der Waals surface area (Å²) in [6, 6.07) is 16.0. The first-order valence-electron chi connectivity index (χ1n) is 8.10. The summed E-state index contributed by atoms with van der Waals surface area (Å²) in [6.45, 7) is 4.04. The predicted octanol–water partition coefficient (Wildman–Crippen LogP) is 5.41. The molecule has 0 aliphatic heterocycles. The Morgan fingerprint density at radius 2 is 1.88 bits per heavy atom. The molecule has 0 aliphatic carbocycles. The predicted molar refractivity (Wildman–Crippen MR) is 106 cm³/mol. The molecule has 0 bridgehead atoms. The molecule has 0 spiro atoms. The van der Waals surface area contributed by atoms with Crippen LogP contribution >= 0.6 is 15.9 Å². The van der Waals surface area contributed by atoms with E-state index in [1.165, 1.54) is 5.56 Å². The van der Waals surface area contributed by atoms with E-state index in [-0.39, 0.29) is 12.3 Å². The molecular formula is C21H20BrNO2. The second kappa shape index (κ2) is 7.28. The Morgan fingerprint density at radius 3 is 2.60 bits per heavy atom. The monoisotopic (exact) mass is 397 g/mol. The first-order valence-corrected chi connectivity index (χ1v) is 8.89. The van der Waals surface area contributed by atoms with E-state index in [1.54, 1.807) is 7.11 Å². The molecule has 3 rings (SSSR count). The molecule has 3 nitrogen and oxygen atoms in total. The van der Waals surface area contributed by atoms with Gasteiger partial charge < -0.3 is 10.1 Å². The number of rotatable bonds is 4. The highest BCUT2D eigenvalue weighted by atomic mass is 79.9. The number of carbonyl (C=O) groups is 1. The van der Waals surface area contributed by atoms with Gasteiger partial charge in [0.1, 0.15) is 5.75 Å². The lowest BCUT2D eigenvalue weighted by atomic mass is 10.0. The van der Waals surface area contributed by atoms with Crippen LogP contribution in [0.3, 0.4) is 0 Å². The largest absolute Gasteiger partial charge is 0.496 e. The SMILES string of the molecule is COc1ccc2cc(Br)ccc2c1CC(=O)Nc1ccc(C)cc1C. The van der Waals surface area contributed by atoms with Crippen molar-refractivity contribution in [2.75, 3.05) is 12.4 Å². The quantitative estimate of drug-likeness (QED) is 0.638. The summed E-state index contributed by atoms with van der Waals surface area (Å²) in [5, 5.41) is 5.11. The number of anilines is 1. The van der Waals surface area contributed by atoms with Crippen molar-refractivity contribution in [3.05, 3.63) is 69.7 Å². The first kappa shape index (κ1) is 17.5. The van der Waals surface area contributed by atoms with Gasteiger partial charge in [0.25, 0.3) is 0 Å². The highest BCUT2D eigenvalue weighted by Crippen LogP contribution is 2.30. The highest BCUT2D eigenvalue weighted by Gasteiger charge is 2.14. The van der Waals surface area contributed by atoms with Gasteiger partial charge in [-0.05, 0) is 54.4 Å². The number of aryl methyl sites for hydroxylation is 2. The number of nitrogens with one attached hydrogen (secondary N) is 1. The van der Waals surface area contributed by atoms with Gasteiger partial charge in [0, 0.05) is 15.7 Å². The molecule has 0 heterocycles. The Balaban J connectivity index is 1.92. The zero-order valence-electron chi connectivity index (χ0n) is 14.5. The fraction of sp³-hybridized carbons (Fsp3) is 0.190. The van der Waals surface area contributed by atoms with Crippen LogP contribution in [-0.4, -0.2) is 13.0 Å². The molecule has 0 aromatic heterocycles. The Kier molecular flexibility index (Phi) is 5.09. The normalized spacial score (nSPS) is 10.7. The van der Waals surface area contributed by atoms with Crippen molar-refractivity contribution >= 4 is 38.3 Å². The van der Waals surface area contributed by atoms with Gasteiger partial charge >= 0.3 is 0 Å². The van der Waals surface area contributed by atoms with E-state index in [1.807, 2.05) is 56.3 Å². The number of methoxy groups -OCH3 is 1. The number of carbonyl (C=O) groups excluding carboxylic acids is 1. The second-order valence-electron chi connectivity index (χ2n) is 6.16. The molecule has 0 atom stereocenters. The van der Waals surface area contributed by atoms with E-state index in [4.69, 9.17) is 4.74 Å². The van der Waals surface area contributed by atoms with E-state index < -0.39 is 0 Å². The summed E-state index contributed by atoms with van der Waals surface area (Å²) in [5.74, 6) is 0.672. The smallest absolute Gasteiger partial charge is 0.228 e. The molecule has 25 heavy (non-hydrogen) atoms. The molecule has 4 heteroatoms. The minimum Gasteiger partial charge on any atom is -0.496 e. The number of hydrogen-bond acceptors (Lipinski definition) is 2. The van der Waals surface area contributed by atoms with Crippen LogP contribution in [0.2, 0.25) is 0 Å². The van der Waals surface area contributed by atoms with Gasteiger partial charge in [0.2, 0.25) is 5.91 Å². The third kappa shape index (κ3) is 3.85. The van der Waals surface area contributed by atoms with Crippen LogP contribution in [0.5, 0.6) is 5.75 Å². The lowest BCUT2D eigenvalue weighted by Gasteiger charge is -2.14. The Labute approximate surface area is 156 Å². The van der Waals surface area contributed by atoms with Crippen molar-refractivity contribution in [2.45, 2.75) is 20.3 Å². The van der Waals surface area contributed by atoms with E-state index in [0.29, 0.717) is 0 Å². The van der Waals surface area contributed by atoms with Gasteiger partial charge in [-0.15, -0.1) is 0 Å². The molecular weight excluding hydrogens is 378 g/mol. The maximum absolute atomic E-state index is 12.6. The molecule has 3 aromatic rings. The molecule has 0 fully saturated rings. The van der Waals surface area contributed by atoms with E-state index in [9.17, 15) is 4.79 Å². The Morgan fingerprint density at radius 1 is 1.08 bits per heavy atom. The zero-order chi connectivity index (χ0) is 18.0. The van der Waals surface area contributed by atoms with Gasteiger partial charge in [-0.2, -0.15) is 0 Å². The minimum atomic E-state index is -0.0549. The van der Waals surface area contributed by atoms with Crippen LogP contribution in [0.25, 0.3) is 10.8 Å². The number of benzene rings is 3. The fourth-order valence-corrected chi connectivity index (χ4v) is 3.41. The third-order valence-corrected chi connectivity index (χ3v) is 4.76. The lowest BCUT2D eigenvalue weighted by Crippen LogP contribution is -2.16. The van der Waals surface area contributed by atoms with E-state index in [0.717, 1.165) is 37.8 Å². The van der Waals surface area contributed by atoms with Crippen molar-refractivity contribution in [2.24, 2.45) is 0 Å². The number of amides is 1. The molecule has 0 aliphatic rings. The van der Waals surface area contributed by atoms with Crippen LogP contribution < -0.4 is 10.1 Å². The maximum Gasteiger partial charge on any atom is 0.228 e. The molecule has 128 valence electrons. The van der Waals surface area contributed by atoms with E-state index >= 15 is 0 Å².